The molecular formula is C15H13BrClNOS. The van der Waals surface area contributed by atoms with Gasteiger partial charge in [-0.3, -0.25) is 0 Å². The van der Waals surface area contributed by atoms with Crippen LogP contribution in [0, 0.1) is 13.8 Å². The highest BCUT2D eigenvalue weighted by atomic mass is 79.9. The Morgan fingerprint density at radius 1 is 1.25 bits per heavy atom. The fourth-order valence-corrected chi connectivity index (χ4v) is 2.68. The van der Waals surface area contributed by atoms with Crippen LogP contribution in [0.2, 0.25) is 5.02 Å². The van der Waals surface area contributed by atoms with Crippen molar-refractivity contribution in [3.05, 3.63) is 56.5 Å². The van der Waals surface area contributed by atoms with Crippen LogP contribution in [0.15, 0.2) is 34.8 Å². The van der Waals surface area contributed by atoms with Crippen LogP contribution in [0.1, 0.15) is 16.7 Å². The second-order valence-electron chi connectivity index (χ2n) is 4.45. The van der Waals surface area contributed by atoms with E-state index in [1.165, 1.54) is 0 Å². The van der Waals surface area contributed by atoms with Crippen LogP contribution < -0.4 is 10.5 Å². The van der Waals surface area contributed by atoms with Gasteiger partial charge in [0, 0.05) is 4.47 Å². The summed E-state index contributed by atoms with van der Waals surface area (Å²) in [5, 5.41) is 0.487. The van der Waals surface area contributed by atoms with Crippen LogP contribution in [0.4, 0.5) is 0 Å². The maximum absolute atomic E-state index is 6.12. The van der Waals surface area contributed by atoms with Crippen molar-refractivity contribution >= 4 is 44.7 Å². The number of benzene rings is 2. The van der Waals surface area contributed by atoms with Gasteiger partial charge >= 0.3 is 0 Å². The zero-order valence-corrected chi connectivity index (χ0v) is 14.2. The molecule has 0 aromatic heterocycles. The lowest BCUT2D eigenvalue weighted by Crippen LogP contribution is -2.11. The summed E-state index contributed by atoms with van der Waals surface area (Å²) in [6, 6.07) is 9.23. The molecule has 0 aliphatic heterocycles. The largest absolute Gasteiger partial charge is 0.457 e. The molecule has 0 radical (unpaired) electrons. The fourth-order valence-electron chi connectivity index (χ4n) is 1.92. The molecule has 0 atom stereocenters. The van der Waals surface area contributed by atoms with E-state index in [-0.39, 0.29) is 4.99 Å². The molecule has 0 fully saturated rings. The van der Waals surface area contributed by atoms with Crippen molar-refractivity contribution in [2.24, 2.45) is 5.73 Å². The first-order valence-corrected chi connectivity index (χ1v) is 7.51. The third kappa shape index (κ3) is 3.14. The van der Waals surface area contributed by atoms with E-state index in [9.17, 15) is 0 Å². The predicted molar refractivity (Wildman–Crippen MR) is 91.0 cm³/mol. The summed E-state index contributed by atoms with van der Waals surface area (Å²) in [6.45, 7) is 4.02. The van der Waals surface area contributed by atoms with Crippen molar-refractivity contribution in [2.75, 3.05) is 0 Å². The molecule has 104 valence electrons. The van der Waals surface area contributed by atoms with Crippen LogP contribution in [0.5, 0.6) is 11.5 Å². The second-order valence-corrected chi connectivity index (χ2v) is 6.09. The van der Waals surface area contributed by atoms with E-state index in [4.69, 9.17) is 34.3 Å². The average Bonchev–Trinajstić information content (AvgIpc) is 2.35. The van der Waals surface area contributed by atoms with E-state index in [0.29, 0.717) is 16.3 Å². The van der Waals surface area contributed by atoms with Gasteiger partial charge in [0.1, 0.15) is 16.5 Å². The fraction of sp³-hybridized carbons (Fsp3) is 0.133. The van der Waals surface area contributed by atoms with Gasteiger partial charge < -0.3 is 10.5 Å². The number of hydrogen-bond acceptors (Lipinski definition) is 2. The van der Waals surface area contributed by atoms with Gasteiger partial charge in [-0.25, -0.2) is 0 Å². The third-order valence-corrected chi connectivity index (χ3v) is 4.63. The summed E-state index contributed by atoms with van der Waals surface area (Å²) in [6.07, 6.45) is 0. The van der Waals surface area contributed by atoms with Crippen molar-refractivity contribution < 1.29 is 4.74 Å². The average molecular weight is 371 g/mol. The molecular weight excluding hydrogens is 358 g/mol. The third-order valence-electron chi connectivity index (χ3n) is 2.86. The Balaban J connectivity index is 2.45. The van der Waals surface area contributed by atoms with Crippen LogP contribution in [-0.4, -0.2) is 4.99 Å². The SMILES string of the molecule is Cc1cc(Oc2cccc(Cl)c2C(N)=S)cc(C)c1Br. The predicted octanol–water partition coefficient (Wildman–Crippen LogP) is 5.15. The van der Waals surface area contributed by atoms with Gasteiger partial charge in [0.05, 0.1) is 10.6 Å². The van der Waals surface area contributed by atoms with Crippen molar-refractivity contribution in [1.29, 1.82) is 0 Å². The van der Waals surface area contributed by atoms with E-state index in [2.05, 4.69) is 15.9 Å². The van der Waals surface area contributed by atoms with E-state index in [0.717, 1.165) is 21.3 Å². The molecule has 2 nitrogen and oxygen atoms in total. The Hall–Kier alpha value is -1.10. The number of thiocarbonyl (C=S) groups is 1. The first-order chi connectivity index (χ1) is 9.40. The van der Waals surface area contributed by atoms with Gasteiger partial charge in [-0.05, 0) is 49.2 Å². The number of hydrogen-bond donors (Lipinski definition) is 1. The molecule has 5 heteroatoms. The Kier molecular flexibility index (Phi) is 4.68. The number of halogens is 2. The van der Waals surface area contributed by atoms with Gasteiger partial charge in [0.15, 0.2) is 0 Å². The first kappa shape index (κ1) is 15.3. The van der Waals surface area contributed by atoms with Crippen LogP contribution >= 0.6 is 39.7 Å². The quantitative estimate of drug-likeness (QED) is 0.759. The molecule has 0 spiro atoms. The Morgan fingerprint density at radius 2 is 1.85 bits per heavy atom. The molecule has 2 N–H and O–H groups in total. The lowest BCUT2D eigenvalue weighted by Gasteiger charge is -2.13. The lowest BCUT2D eigenvalue weighted by molar-refractivity contribution is 0.481. The zero-order valence-electron chi connectivity index (χ0n) is 11.0. The minimum absolute atomic E-state index is 0.219. The Morgan fingerprint density at radius 3 is 2.40 bits per heavy atom. The molecule has 0 aliphatic rings. The number of aryl methyl sites for hydroxylation is 2. The van der Waals surface area contributed by atoms with Gasteiger partial charge in [-0.1, -0.05) is 45.8 Å². The molecule has 0 saturated carbocycles. The molecule has 0 amide bonds. The first-order valence-electron chi connectivity index (χ1n) is 5.93. The summed E-state index contributed by atoms with van der Waals surface area (Å²) in [7, 11) is 0. The topological polar surface area (TPSA) is 35.2 Å². The number of nitrogens with two attached hydrogens (primary N) is 1. The smallest absolute Gasteiger partial charge is 0.139 e. The summed E-state index contributed by atoms with van der Waals surface area (Å²) in [5.74, 6) is 1.29. The summed E-state index contributed by atoms with van der Waals surface area (Å²) in [4.78, 5) is 0.219. The van der Waals surface area contributed by atoms with E-state index in [1.807, 2.05) is 26.0 Å². The Bertz CT molecular complexity index is 665. The summed E-state index contributed by atoms with van der Waals surface area (Å²) >= 11 is 14.7. The monoisotopic (exact) mass is 369 g/mol. The molecule has 0 bridgehead atoms. The molecule has 0 heterocycles. The zero-order chi connectivity index (χ0) is 14.9. The summed E-state index contributed by atoms with van der Waals surface area (Å²) < 4.78 is 6.97. The van der Waals surface area contributed by atoms with Crippen molar-refractivity contribution in [3.8, 4) is 11.5 Å². The standard InChI is InChI=1S/C15H13BrClNOS/c1-8-6-10(7-9(2)14(8)16)19-12-5-3-4-11(17)13(12)15(18)20/h3-7H,1-2H3,(H2,18,20). The van der Waals surface area contributed by atoms with Gasteiger partial charge in [0.25, 0.3) is 0 Å². The van der Waals surface area contributed by atoms with Crippen LogP contribution in [0.3, 0.4) is 0 Å². The molecule has 0 saturated heterocycles. The molecule has 2 rings (SSSR count). The van der Waals surface area contributed by atoms with Crippen molar-refractivity contribution in [3.63, 3.8) is 0 Å². The van der Waals surface area contributed by atoms with Crippen LogP contribution in [0.25, 0.3) is 0 Å². The molecule has 0 aliphatic carbocycles. The highest BCUT2D eigenvalue weighted by Gasteiger charge is 2.12. The summed E-state index contributed by atoms with van der Waals surface area (Å²) in [5.41, 5.74) is 8.46. The van der Waals surface area contributed by atoms with Gasteiger partial charge in [-0.2, -0.15) is 0 Å². The number of rotatable bonds is 3. The Labute approximate surface area is 137 Å². The highest BCUT2D eigenvalue weighted by Crippen LogP contribution is 2.33. The lowest BCUT2D eigenvalue weighted by atomic mass is 10.1. The van der Waals surface area contributed by atoms with Gasteiger partial charge in [-0.15, -0.1) is 0 Å². The van der Waals surface area contributed by atoms with Crippen molar-refractivity contribution in [1.82, 2.24) is 0 Å². The normalized spacial score (nSPS) is 10.4. The molecule has 2 aromatic carbocycles. The maximum Gasteiger partial charge on any atom is 0.139 e. The van der Waals surface area contributed by atoms with Crippen LogP contribution in [-0.2, 0) is 0 Å². The second kappa shape index (κ2) is 6.12. The van der Waals surface area contributed by atoms with Gasteiger partial charge in [0.2, 0.25) is 0 Å². The number of ether oxygens (including phenoxy) is 1. The molecule has 0 unspecified atom stereocenters. The van der Waals surface area contributed by atoms with Crippen molar-refractivity contribution in [2.45, 2.75) is 13.8 Å². The van der Waals surface area contributed by atoms with E-state index in [1.54, 1.807) is 18.2 Å². The van der Waals surface area contributed by atoms with E-state index >= 15 is 0 Å². The minimum Gasteiger partial charge on any atom is -0.457 e. The molecule has 20 heavy (non-hydrogen) atoms. The maximum atomic E-state index is 6.12. The highest BCUT2D eigenvalue weighted by molar-refractivity contribution is 9.10. The minimum atomic E-state index is 0.219. The van der Waals surface area contributed by atoms with E-state index < -0.39 is 0 Å². The molecule has 2 aromatic rings.